The van der Waals surface area contributed by atoms with Gasteiger partial charge in [-0.15, -0.1) is 0 Å². The summed E-state index contributed by atoms with van der Waals surface area (Å²) in [6, 6.07) is 11.5. The molecule has 3 rings (SSSR count). The lowest BCUT2D eigenvalue weighted by molar-refractivity contribution is -0.917. The van der Waals surface area contributed by atoms with Crippen LogP contribution in [0.4, 0.5) is 19.3 Å². The van der Waals surface area contributed by atoms with E-state index in [4.69, 9.17) is 0 Å². The zero-order valence-electron chi connectivity index (χ0n) is 14.1. The minimum atomic E-state index is -0.767. The topological polar surface area (TPSA) is 62.6 Å². The Hall–Kier alpha value is -2.80. The highest BCUT2D eigenvalue weighted by molar-refractivity contribution is 6.01. The summed E-state index contributed by atoms with van der Waals surface area (Å²) in [5.74, 6) is -1.32. The Balaban J connectivity index is 1.54. The molecule has 7 heteroatoms. The van der Waals surface area contributed by atoms with Gasteiger partial charge in [0.15, 0.2) is 6.54 Å². The van der Waals surface area contributed by atoms with Crippen molar-refractivity contribution in [1.29, 1.82) is 0 Å². The van der Waals surface area contributed by atoms with Crippen molar-refractivity contribution in [1.82, 2.24) is 5.32 Å². The molecule has 2 aromatic carbocycles. The Morgan fingerprint density at radius 1 is 1.04 bits per heavy atom. The molecule has 0 spiro atoms. The van der Waals surface area contributed by atoms with Crippen LogP contribution in [0.3, 0.4) is 0 Å². The van der Waals surface area contributed by atoms with E-state index in [9.17, 15) is 18.4 Å². The summed E-state index contributed by atoms with van der Waals surface area (Å²) < 4.78 is 26.5. The Morgan fingerprint density at radius 2 is 1.73 bits per heavy atom. The second-order valence-corrected chi connectivity index (χ2v) is 6.39. The highest BCUT2D eigenvalue weighted by Gasteiger charge is 2.34. The van der Waals surface area contributed by atoms with E-state index in [1.807, 2.05) is 0 Å². The van der Waals surface area contributed by atoms with E-state index in [-0.39, 0.29) is 18.0 Å². The van der Waals surface area contributed by atoms with Gasteiger partial charge in [-0.25, -0.2) is 13.6 Å². The maximum atomic E-state index is 13.5. The number of urea groups is 1. The summed E-state index contributed by atoms with van der Waals surface area (Å²) in [5, 5.41) is 4.55. The monoisotopic (exact) mass is 360 g/mol. The smallest absolute Gasteiger partial charge is 0.321 e. The summed E-state index contributed by atoms with van der Waals surface area (Å²) in [6.45, 7) is 0.694. The molecule has 136 valence electrons. The van der Waals surface area contributed by atoms with Gasteiger partial charge in [-0.05, 0) is 24.3 Å². The van der Waals surface area contributed by atoms with Crippen LogP contribution in [-0.2, 0) is 11.3 Å². The summed E-state index contributed by atoms with van der Waals surface area (Å²) in [7, 11) is 0. The second kappa shape index (κ2) is 8.05. The molecule has 1 atom stereocenters. The van der Waals surface area contributed by atoms with E-state index in [1.165, 1.54) is 30.3 Å². The highest BCUT2D eigenvalue weighted by atomic mass is 19.1. The fraction of sp³-hybridized carbons (Fsp3) is 0.263. The van der Waals surface area contributed by atoms with Crippen LogP contribution >= 0.6 is 0 Å². The Kier molecular flexibility index (Phi) is 5.58. The number of halogens is 2. The molecule has 1 unspecified atom stereocenters. The van der Waals surface area contributed by atoms with Crippen molar-refractivity contribution in [2.45, 2.75) is 25.4 Å². The third-order valence-electron chi connectivity index (χ3n) is 4.26. The van der Waals surface area contributed by atoms with Gasteiger partial charge in [-0.1, -0.05) is 24.3 Å². The number of nitrogens with one attached hydrogen (secondary N) is 3. The van der Waals surface area contributed by atoms with Gasteiger partial charge in [-0.3, -0.25) is 10.1 Å². The summed E-state index contributed by atoms with van der Waals surface area (Å²) in [4.78, 5) is 25.1. The average molecular weight is 360 g/mol. The van der Waals surface area contributed by atoms with Gasteiger partial charge in [0.2, 0.25) is 0 Å². The summed E-state index contributed by atoms with van der Waals surface area (Å²) in [5.41, 5.74) is 0.937. The first-order chi connectivity index (χ1) is 12.5. The second-order valence-electron chi connectivity index (χ2n) is 6.39. The number of carbonyl (C=O) groups is 2. The van der Waals surface area contributed by atoms with E-state index in [0.717, 1.165) is 23.3 Å². The van der Waals surface area contributed by atoms with Crippen molar-refractivity contribution in [2.75, 3.05) is 11.9 Å². The van der Waals surface area contributed by atoms with Crippen LogP contribution in [0.5, 0.6) is 0 Å². The van der Waals surface area contributed by atoms with Crippen molar-refractivity contribution in [2.24, 2.45) is 0 Å². The lowest BCUT2D eigenvalue weighted by atomic mass is 10.2. The van der Waals surface area contributed by atoms with Crippen LogP contribution in [0.25, 0.3) is 0 Å². The van der Waals surface area contributed by atoms with Gasteiger partial charge in [0.05, 0.1) is 11.7 Å². The zero-order chi connectivity index (χ0) is 18.5. The molecule has 0 aliphatic heterocycles. The third-order valence-corrected chi connectivity index (χ3v) is 4.26. The highest BCUT2D eigenvalue weighted by Crippen LogP contribution is 2.16. The molecule has 3 amide bonds. The minimum Gasteiger partial charge on any atom is -0.321 e. The zero-order valence-corrected chi connectivity index (χ0v) is 14.1. The van der Waals surface area contributed by atoms with Crippen molar-refractivity contribution < 1.29 is 23.3 Å². The normalized spacial score (nSPS) is 14.5. The number of quaternary nitrogens is 1. The van der Waals surface area contributed by atoms with E-state index >= 15 is 0 Å². The van der Waals surface area contributed by atoms with Crippen molar-refractivity contribution >= 4 is 17.6 Å². The lowest BCUT2D eigenvalue weighted by Crippen LogP contribution is -3.13. The van der Waals surface area contributed by atoms with Crippen LogP contribution in [0.1, 0.15) is 18.4 Å². The first-order valence-electron chi connectivity index (χ1n) is 8.45. The van der Waals surface area contributed by atoms with E-state index in [2.05, 4.69) is 10.6 Å². The number of hydrogen-bond donors (Lipinski definition) is 3. The molecule has 0 radical (unpaired) electrons. The number of anilines is 1. The van der Waals surface area contributed by atoms with Crippen LogP contribution in [0.15, 0.2) is 48.5 Å². The number of carbonyl (C=O) groups excluding carboxylic acids is 2. The molecule has 0 saturated heterocycles. The number of benzene rings is 2. The summed E-state index contributed by atoms with van der Waals surface area (Å²) in [6.07, 6.45) is 2.04. The van der Waals surface area contributed by atoms with Crippen LogP contribution in [0, 0.1) is 11.6 Å². The molecular formula is C19H20F2N3O2+. The SMILES string of the molecule is O=C(C[NH+](Cc1ccc(F)cc1)C1CC1)NC(=O)Nc1ccccc1F. The molecule has 0 heterocycles. The fourth-order valence-corrected chi connectivity index (χ4v) is 2.80. The number of para-hydroxylation sites is 1. The van der Waals surface area contributed by atoms with Gasteiger partial charge in [0, 0.05) is 18.4 Å². The molecule has 2 aromatic rings. The van der Waals surface area contributed by atoms with E-state index in [1.54, 1.807) is 18.2 Å². The average Bonchev–Trinajstić information content (AvgIpc) is 3.43. The number of imide groups is 1. The standard InChI is InChI=1S/C19H19F2N3O2/c20-14-7-5-13(6-8-14)11-24(15-9-10-15)12-18(25)23-19(26)22-17-4-2-1-3-16(17)21/h1-8,15H,9-12H2,(H2,22,23,25,26)/p+1. The van der Waals surface area contributed by atoms with Gasteiger partial charge in [0.1, 0.15) is 18.2 Å². The van der Waals surface area contributed by atoms with Gasteiger partial charge >= 0.3 is 6.03 Å². The van der Waals surface area contributed by atoms with Crippen molar-refractivity contribution in [3.63, 3.8) is 0 Å². The Morgan fingerprint density at radius 3 is 2.38 bits per heavy atom. The van der Waals surface area contributed by atoms with Crippen molar-refractivity contribution in [3.8, 4) is 0 Å². The van der Waals surface area contributed by atoms with Gasteiger partial charge in [-0.2, -0.15) is 0 Å². The quantitative estimate of drug-likeness (QED) is 0.736. The lowest BCUT2D eigenvalue weighted by Gasteiger charge is -2.18. The molecule has 1 aliphatic rings. The third kappa shape index (κ3) is 5.10. The van der Waals surface area contributed by atoms with Gasteiger partial charge in [0.25, 0.3) is 5.91 Å². The van der Waals surface area contributed by atoms with Crippen LogP contribution in [0.2, 0.25) is 0 Å². The molecule has 1 fully saturated rings. The van der Waals surface area contributed by atoms with Crippen molar-refractivity contribution in [3.05, 3.63) is 65.7 Å². The maximum absolute atomic E-state index is 13.5. The number of rotatable bonds is 6. The predicted molar refractivity (Wildman–Crippen MR) is 92.5 cm³/mol. The van der Waals surface area contributed by atoms with Crippen LogP contribution < -0.4 is 15.5 Å². The Bertz CT molecular complexity index is 792. The number of amides is 3. The number of hydrogen-bond acceptors (Lipinski definition) is 2. The van der Waals surface area contributed by atoms with E-state index in [0.29, 0.717) is 12.6 Å². The maximum Gasteiger partial charge on any atom is 0.326 e. The molecular weight excluding hydrogens is 340 g/mol. The molecule has 5 nitrogen and oxygen atoms in total. The molecule has 0 aromatic heterocycles. The Labute approximate surface area is 150 Å². The van der Waals surface area contributed by atoms with Crippen LogP contribution in [-0.4, -0.2) is 24.5 Å². The minimum absolute atomic E-state index is 0.00973. The first-order valence-corrected chi connectivity index (χ1v) is 8.45. The predicted octanol–water partition coefficient (Wildman–Crippen LogP) is 1.86. The molecule has 1 saturated carbocycles. The van der Waals surface area contributed by atoms with E-state index < -0.39 is 17.8 Å². The molecule has 3 N–H and O–H groups in total. The fourth-order valence-electron chi connectivity index (χ4n) is 2.80. The first kappa shape index (κ1) is 18.0. The molecule has 1 aliphatic carbocycles. The molecule has 0 bridgehead atoms. The summed E-state index contributed by atoms with van der Waals surface area (Å²) >= 11 is 0. The van der Waals surface area contributed by atoms with Gasteiger partial charge < -0.3 is 10.2 Å². The largest absolute Gasteiger partial charge is 0.326 e. The molecule has 26 heavy (non-hydrogen) atoms.